The van der Waals surface area contributed by atoms with Gasteiger partial charge in [-0.2, -0.15) is 5.26 Å². The van der Waals surface area contributed by atoms with E-state index in [1.165, 1.54) is 0 Å². The lowest BCUT2D eigenvalue weighted by atomic mass is 9.98. The fourth-order valence-corrected chi connectivity index (χ4v) is 4.28. The zero-order valence-electron chi connectivity index (χ0n) is 16.1. The molecule has 7 heteroatoms. The Morgan fingerprint density at radius 1 is 1.31 bits per heavy atom. The van der Waals surface area contributed by atoms with Crippen LogP contribution < -0.4 is 9.47 Å². The molecule has 0 N–H and O–H groups in total. The number of piperidine rings is 1. The summed E-state index contributed by atoms with van der Waals surface area (Å²) in [6.45, 7) is 1.91. The second-order valence-corrected chi connectivity index (χ2v) is 7.97. The highest BCUT2D eigenvalue weighted by Gasteiger charge is 2.25. The minimum Gasteiger partial charge on any atom is -0.493 e. The van der Waals surface area contributed by atoms with Gasteiger partial charge in [0.05, 0.1) is 41.1 Å². The van der Waals surface area contributed by atoms with E-state index in [2.05, 4.69) is 11.1 Å². The molecule has 29 heavy (non-hydrogen) atoms. The molecule has 2 aromatic carbocycles. The maximum Gasteiger partial charge on any atom is 0.253 e. The number of benzene rings is 2. The Bertz CT molecular complexity index is 1070. The van der Waals surface area contributed by atoms with E-state index in [4.69, 9.17) is 14.7 Å². The van der Waals surface area contributed by atoms with E-state index in [0.717, 1.165) is 29.6 Å². The number of nitriles is 1. The van der Waals surface area contributed by atoms with Gasteiger partial charge in [0.1, 0.15) is 0 Å². The van der Waals surface area contributed by atoms with Gasteiger partial charge >= 0.3 is 0 Å². The molecule has 1 atom stereocenters. The summed E-state index contributed by atoms with van der Waals surface area (Å²) in [6, 6.07) is 12.9. The van der Waals surface area contributed by atoms with E-state index in [1.54, 1.807) is 42.2 Å². The van der Waals surface area contributed by atoms with Crippen molar-refractivity contribution >= 4 is 27.5 Å². The maximum absolute atomic E-state index is 13.0. The molecular weight excluding hydrogens is 386 g/mol. The number of hydrogen-bond donors (Lipinski definition) is 0. The highest BCUT2D eigenvalue weighted by atomic mass is 32.1. The fourth-order valence-electron chi connectivity index (χ4n) is 3.62. The summed E-state index contributed by atoms with van der Waals surface area (Å²) in [4.78, 5) is 19.2. The number of thiazole rings is 1. The number of carbonyl (C=O) groups excluding carboxylic acids is 1. The van der Waals surface area contributed by atoms with Crippen molar-refractivity contribution in [3.63, 3.8) is 0 Å². The van der Waals surface area contributed by atoms with E-state index in [0.29, 0.717) is 35.8 Å². The van der Waals surface area contributed by atoms with Crippen LogP contribution in [0.15, 0.2) is 41.9 Å². The summed E-state index contributed by atoms with van der Waals surface area (Å²) >= 11 is 1.57. The summed E-state index contributed by atoms with van der Waals surface area (Å²) in [5.74, 6) is 1.45. The SMILES string of the molecule is COc1cc(C#N)ccc1OCC1CCCN(C(=O)c2ccc3scnc3c2)C1. The van der Waals surface area contributed by atoms with Gasteiger partial charge in [-0.25, -0.2) is 4.98 Å². The number of amides is 1. The Balaban J connectivity index is 1.40. The van der Waals surface area contributed by atoms with Crippen molar-refractivity contribution < 1.29 is 14.3 Å². The van der Waals surface area contributed by atoms with Crippen LogP contribution in [-0.4, -0.2) is 42.6 Å². The number of methoxy groups -OCH3 is 1. The summed E-state index contributed by atoms with van der Waals surface area (Å²) in [5.41, 5.74) is 3.87. The number of ether oxygens (including phenoxy) is 2. The molecule has 1 unspecified atom stereocenters. The van der Waals surface area contributed by atoms with E-state index in [9.17, 15) is 4.79 Å². The molecular formula is C22H21N3O3S. The quantitative estimate of drug-likeness (QED) is 0.636. The van der Waals surface area contributed by atoms with Gasteiger partial charge < -0.3 is 14.4 Å². The van der Waals surface area contributed by atoms with Crippen LogP contribution >= 0.6 is 11.3 Å². The lowest BCUT2D eigenvalue weighted by Gasteiger charge is -2.32. The molecule has 1 aliphatic heterocycles. The molecule has 1 amide bonds. The van der Waals surface area contributed by atoms with Gasteiger partial charge in [-0.1, -0.05) is 0 Å². The van der Waals surface area contributed by atoms with Crippen LogP contribution in [0.2, 0.25) is 0 Å². The Hall–Kier alpha value is -3.11. The van der Waals surface area contributed by atoms with E-state index in [-0.39, 0.29) is 11.8 Å². The molecule has 3 aromatic rings. The molecule has 1 aromatic heterocycles. The predicted molar refractivity (Wildman–Crippen MR) is 111 cm³/mol. The molecule has 0 aliphatic carbocycles. The second-order valence-electron chi connectivity index (χ2n) is 7.08. The molecule has 0 radical (unpaired) electrons. The third-order valence-electron chi connectivity index (χ3n) is 5.15. The smallest absolute Gasteiger partial charge is 0.253 e. The first-order valence-electron chi connectivity index (χ1n) is 9.51. The molecule has 0 spiro atoms. The van der Waals surface area contributed by atoms with Crippen molar-refractivity contribution in [2.45, 2.75) is 12.8 Å². The Kier molecular flexibility index (Phi) is 5.63. The number of likely N-dealkylation sites (tertiary alicyclic amines) is 1. The zero-order chi connectivity index (χ0) is 20.2. The molecule has 0 bridgehead atoms. The minimum atomic E-state index is 0.0422. The second kappa shape index (κ2) is 8.50. The number of carbonyl (C=O) groups is 1. The van der Waals surface area contributed by atoms with Crippen molar-refractivity contribution in [3.05, 3.63) is 53.0 Å². The van der Waals surface area contributed by atoms with E-state index < -0.39 is 0 Å². The summed E-state index contributed by atoms with van der Waals surface area (Å²) in [6.07, 6.45) is 1.96. The maximum atomic E-state index is 13.0. The molecule has 2 heterocycles. The Morgan fingerprint density at radius 2 is 2.21 bits per heavy atom. The van der Waals surface area contributed by atoms with Crippen molar-refractivity contribution in [2.75, 3.05) is 26.8 Å². The van der Waals surface area contributed by atoms with Crippen LogP contribution in [0.1, 0.15) is 28.8 Å². The van der Waals surface area contributed by atoms with Gasteiger partial charge in [0.15, 0.2) is 11.5 Å². The van der Waals surface area contributed by atoms with Crippen LogP contribution in [0.5, 0.6) is 11.5 Å². The molecule has 1 saturated heterocycles. The van der Waals surface area contributed by atoms with Gasteiger partial charge in [0, 0.05) is 30.6 Å². The average molecular weight is 407 g/mol. The highest BCUT2D eigenvalue weighted by molar-refractivity contribution is 7.16. The van der Waals surface area contributed by atoms with Gasteiger partial charge in [-0.05, 0) is 43.2 Å². The normalized spacial score (nSPS) is 16.4. The molecule has 1 aliphatic rings. The summed E-state index contributed by atoms with van der Waals surface area (Å²) in [5, 5.41) is 9.02. The number of hydrogen-bond acceptors (Lipinski definition) is 6. The van der Waals surface area contributed by atoms with Crippen molar-refractivity contribution in [1.82, 2.24) is 9.88 Å². The van der Waals surface area contributed by atoms with Crippen molar-refractivity contribution in [3.8, 4) is 17.6 Å². The molecule has 4 rings (SSSR count). The Morgan fingerprint density at radius 3 is 3.03 bits per heavy atom. The number of nitrogens with zero attached hydrogens (tertiary/aromatic N) is 3. The van der Waals surface area contributed by atoms with Gasteiger partial charge in [0.2, 0.25) is 0 Å². The van der Waals surface area contributed by atoms with Crippen LogP contribution in [0.3, 0.4) is 0 Å². The molecule has 148 valence electrons. The first kappa shape index (κ1) is 19.2. The van der Waals surface area contributed by atoms with Crippen LogP contribution in [0.25, 0.3) is 10.2 Å². The van der Waals surface area contributed by atoms with Gasteiger partial charge in [-0.15, -0.1) is 11.3 Å². The molecule has 1 fully saturated rings. The Labute approximate surface area is 173 Å². The zero-order valence-corrected chi connectivity index (χ0v) is 16.9. The molecule has 6 nitrogen and oxygen atoms in total. The van der Waals surface area contributed by atoms with E-state index in [1.807, 2.05) is 23.1 Å². The lowest BCUT2D eigenvalue weighted by molar-refractivity contribution is 0.0632. The average Bonchev–Trinajstić information content (AvgIpc) is 3.25. The highest BCUT2D eigenvalue weighted by Crippen LogP contribution is 2.29. The first-order valence-corrected chi connectivity index (χ1v) is 10.4. The fraction of sp³-hybridized carbons (Fsp3) is 0.318. The third kappa shape index (κ3) is 4.17. The van der Waals surface area contributed by atoms with Crippen LogP contribution in [0, 0.1) is 17.2 Å². The summed E-state index contributed by atoms with van der Waals surface area (Å²) < 4.78 is 12.4. The van der Waals surface area contributed by atoms with Crippen LogP contribution in [-0.2, 0) is 0 Å². The van der Waals surface area contributed by atoms with Crippen molar-refractivity contribution in [2.24, 2.45) is 5.92 Å². The monoisotopic (exact) mass is 407 g/mol. The van der Waals surface area contributed by atoms with E-state index >= 15 is 0 Å². The number of aromatic nitrogens is 1. The lowest BCUT2D eigenvalue weighted by Crippen LogP contribution is -2.41. The van der Waals surface area contributed by atoms with Crippen LogP contribution in [0.4, 0.5) is 0 Å². The number of fused-ring (bicyclic) bond motifs is 1. The van der Waals surface area contributed by atoms with Crippen molar-refractivity contribution in [1.29, 1.82) is 5.26 Å². The summed E-state index contributed by atoms with van der Waals surface area (Å²) in [7, 11) is 1.56. The third-order valence-corrected chi connectivity index (χ3v) is 5.96. The van der Waals surface area contributed by atoms with Gasteiger partial charge in [-0.3, -0.25) is 4.79 Å². The minimum absolute atomic E-state index is 0.0422. The topological polar surface area (TPSA) is 75.5 Å². The first-order chi connectivity index (χ1) is 14.2. The molecule has 0 saturated carbocycles. The number of rotatable bonds is 5. The largest absolute Gasteiger partial charge is 0.493 e. The van der Waals surface area contributed by atoms with Gasteiger partial charge in [0.25, 0.3) is 5.91 Å². The predicted octanol–water partition coefficient (Wildman–Crippen LogP) is 4.11. The standard InChI is InChI=1S/C22H21N3O3S/c1-27-20-9-15(11-23)4-6-19(20)28-13-16-3-2-8-25(12-16)22(26)17-5-7-21-18(10-17)24-14-29-21/h4-7,9-10,14,16H,2-3,8,12-13H2,1H3.